The van der Waals surface area contributed by atoms with Crippen LogP contribution in [0.4, 0.5) is 5.69 Å². The number of para-hydroxylation sites is 1. The SMILES string of the molecule is Cc1ccc(OCCCC(=O)NNC(=O)CC[NH+]2CCN(c3ccccc3)CC2)cc1. The third-order valence-corrected chi connectivity index (χ3v) is 5.48. The van der Waals surface area contributed by atoms with Crippen LogP contribution in [0, 0.1) is 6.92 Å². The number of hydrogen-bond donors (Lipinski definition) is 3. The van der Waals surface area contributed by atoms with Crippen LogP contribution in [0.5, 0.6) is 5.75 Å². The fourth-order valence-corrected chi connectivity index (χ4v) is 3.58. The summed E-state index contributed by atoms with van der Waals surface area (Å²) in [5, 5.41) is 0. The van der Waals surface area contributed by atoms with Gasteiger partial charge in [0.2, 0.25) is 11.8 Å². The highest BCUT2D eigenvalue weighted by Gasteiger charge is 2.20. The maximum atomic E-state index is 12.0. The highest BCUT2D eigenvalue weighted by Crippen LogP contribution is 2.13. The number of carbonyl (C=O) groups is 2. The molecule has 1 aliphatic heterocycles. The molecular formula is C24H33N4O3+. The van der Waals surface area contributed by atoms with Crippen molar-refractivity contribution in [3.63, 3.8) is 0 Å². The number of rotatable bonds is 9. The first kappa shape index (κ1) is 22.6. The zero-order valence-corrected chi connectivity index (χ0v) is 18.2. The number of ether oxygens (including phenoxy) is 1. The molecule has 1 fully saturated rings. The number of hydrogen-bond acceptors (Lipinski definition) is 4. The number of nitrogens with one attached hydrogen (secondary N) is 3. The summed E-state index contributed by atoms with van der Waals surface area (Å²) >= 11 is 0. The minimum atomic E-state index is -0.204. The molecule has 2 amide bonds. The lowest BCUT2D eigenvalue weighted by Crippen LogP contribution is -3.15. The fraction of sp³-hybridized carbons (Fsp3) is 0.417. The largest absolute Gasteiger partial charge is 0.494 e. The van der Waals surface area contributed by atoms with Crippen LogP contribution in [0.2, 0.25) is 0 Å². The van der Waals surface area contributed by atoms with E-state index in [-0.39, 0.29) is 11.8 Å². The second-order valence-corrected chi connectivity index (χ2v) is 7.93. The van der Waals surface area contributed by atoms with E-state index in [1.165, 1.54) is 16.2 Å². The number of hydrazine groups is 1. The Labute approximate surface area is 184 Å². The molecule has 0 radical (unpaired) electrons. The Balaban J connectivity index is 1.22. The van der Waals surface area contributed by atoms with Crippen molar-refractivity contribution in [1.82, 2.24) is 10.9 Å². The van der Waals surface area contributed by atoms with Gasteiger partial charge in [-0.2, -0.15) is 0 Å². The zero-order valence-electron chi connectivity index (χ0n) is 18.2. The first-order chi connectivity index (χ1) is 15.1. The lowest BCUT2D eigenvalue weighted by atomic mass is 10.2. The van der Waals surface area contributed by atoms with Crippen molar-refractivity contribution in [3.8, 4) is 5.75 Å². The van der Waals surface area contributed by atoms with E-state index in [4.69, 9.17) is 4.74 Å². The van der Waals surface area contributed by atoms with Crippen LogP contribution in [-0.2, 0) is 9.59 Å². The van der Waals surface area contributed by atoms with Gasteiger partial charge in [0.1, 0.15) is 5.75 Å². The highest BCUT2D eigenvalue weighted by molar-refractivity contribution is 5.81. The summed E-state index contributed by atoms with van der Waals surface area (Å²) in [5.41, 5.74) is 7.45. The van der Waals surface area contributed by atoms with Gasteiger partial charge in [0.05, 0.1) is 45.8 Å². The van der Waals surface area contributed by atoms with Gasteiger partial charge in [-0.05, 0) is 37.6 Å². The van der Waals surface area contributed by atoms with Crippen molar-refractivity contribution >= 4 is 17.5 Å². The van der Waals surface area contributed by atoms with Crippen LogP contribution in [0.3, 0.4) is 0 Å². The van der Waals surface area contributed by atoms with Gasteiger partial charge in [-0.25, -0.2) is 0 Å². The molecule has 0 atom stereocenters. The Hall–Kier alpha value is -3.06. The van der Waals surface area contributed by atoms with Crippen LogP contribution in [-0.4, -0.2) is 51.1 Å². The Morgan fingerprint density at radius 2 is 1.58 bits per heavy atom. The zero-order chi connectivity index (χ0) is 21.9. The predicted molar refractivity (Wildman–Crippen MR) is 121 cm³/mol. The van der Waals surface area contributed by atoms with Crippen LogP contribution in [0.1, 0.15) is 24.8 Å². The second kappa shape index (κ2) is 12.0. The van der Waals surface area contributed by atoms with Crippen LogP contribution < -0.4 is 25.4 Å². The molecule has 166 valence electrons. The molecule has 1 heterocycles. The molecule has 2 aromatic rings. The van der Waals surface area contributed by atoms with Crippen LogP contribution in [0.15, 0.2) is 54.6 Å². The summed E-state index contributed by atoms with van der Waals surface area (Å²) in [5.74, 6) is 0.443. The molecule has 1 aliphatic rings. The minimum absolute atomic E-state index is 0.151. The summed E-state index contributed by atoms with van der Waals surface area (Å²) in [6.45, 7) is 7.25. The number of carbonyl (C=O) groups excluding carboxylic acids is 2. The van der Waals surface area contributed by atoms with E-state index in [2.05, 4.69) is 40.0 Å². The molecule has 2 aromatic carbocycles. The van der Waals surface area contributed by atoms with Crippen molar-refractivity contribution in [2.45, 2.75) is 26.2 Å². The molecule has 0 aromatic heterocycles. The molecule has 0 spiro atoms. The average molecular weight is 426 g/mol. The number of benzene rings is 2. The van der Waals surface area contributed by atoms with E-state index in [1.54, 1.807) is 0 Å². The first-order valence-electron chi connectivity index (χ1n) is 11.0. The van der Waals surface area contributed by atoms with Crippen molar-refractivity contribution in [2.75, 3.05) is 44.2 Å². The molecule has 0 saturated carbocycles. The topological polar surface area (TPSA) is 75.1 Å². The van der Waals surface area contributed by atoms with Crippen molar-refractivity contribution in [3.05, 3.63) is 60.2 Å². The molecule has 0 aliphatic carbocycles. The highest BCUT2D eigenvalue weighted by atomic mass is 16.5. The Kier molecular flexibility index (Phi) is 8.72. The first-order valence-corrected chi connectivity index (χ1v) is 11.0. The monoisotopic (exact) mass is 425 g/mol. The second-order valence-electron chi connectivity index (χ2n) is 7.93. The number of aryl methyl sites for hydroxylation is 1. The Morgan fingerprint density at radius 1 is 0.935 bits per heavy atom. The Morgan fingerprint density at radius 3 is 2.26 bits per heavy atom. The molecule has 0 unspecified atom stereocenters. The minimum Gasteiger partial charge on any atom is -0.494 e. The molecule has 7 nitrogen and oxygen atoms in total. The van der Waals surface area contributed by atoms with Gasteiger partial charge < -0.3 is 14.5 Å². The predicted octanol–water partition coefficient (Wildman–Crippen LogP) is 1.10. The molecule has 3 N–H and O–H groups in total. The summed E-state index contributed by atoms with van der Waals surface area (Å²) in [4.78, 5) is 27.7. The summed E-state index contributed by atoms with van der Waals surface area (Å²) in [6.07, 6.45) is 1.29. The van der Waals surface area contributed by atoms with E-state index >= 15 is 0 Å². The van der Waals surface area contributed by atoms with E-state index < -0.39 is 0 Å². The van der Waals surface area contributed by atoms with Gasteiger partial charge in [0.25, 0.3) is 0 Å². The third kappa shape index (κ3) is 7.94. The van der Waals surface area contributed by atoms with Gasteiger partial charge >= 0.3 is 0 Å². The fourth-order valence-electron chi connectivity index (χ4n) is 3.58. The summed E-state index contributed by atoms with van der Waals surface area (Å²) in [7, 11) is 0. The van der Waals surface area contributed by atoms with Gasteiger partial charge in [-0.15, -0.1) is 0 Å². The molecule has 0 bridgehead atoms. The lowest BCUT2D eigenvalue weighted by Gasteiger charge is -2.33. The van der Waals surface area contributed by atoms with Crippen LogP contribution >= 0.6 is 0 Å². The van der Waals surface area contributed by atoms with Gasteiger partial charge in [-0.1, -0.05) is 35.9 Å². The van der Waals surface area contributed by atoms with E-state index in [1.807, 2.05) is 37.3 Å². The number of anilines is 1. The third-order valence-electron chi connectivity index (χ3n) is 5.48. The van der Waals surface area contributed by atoms with Crippen molar-refractivity contribution in [1.29, 1.82) is 0 Å². The van der Waals surface area contributed by atoms with Crippen LogP contribution in [0.25, 0.3) is 0 Å². The van der Waals surface area contributed by atoms with Gasteiger partial charge in [0, 0.05) is 12.1 Å². The maximum absolute atomic E-state index is 12.0. The van der Waals surface area contributed by atoms with E-state index in [0.717, 1.165) is 38.5 Å². The standard InChI is InChI=1S/C24H32N4O3/c1-20-9-11-22(12-10-20)31-19-5-8-23(29)25-26-24(30)13-14-27-15-17-28(18-16-27)21-6-3-2-4-7-21/h2-4,6-7,9-12H,5,8,13-19H2,1H3,(H,25,29)(H,26,30)/p+1. The maximum Gasteiger partial charge on any atom is 0.244 e. The number of nitrogens with zero attached hydrogens (tertiary/aromatic N) is 1. The van der Waals surface area contributed by atoms with Crippen molar-refractivity contribution < 1.29 is 19.2 Å². The van der Waals surface area contributed by atoms with E-state index in [9.17, 15) is 9.59 Å². The Bertz CT molecular complexity index is 818. The number of quaternary nitrogens is 1. The number of piperazine rings is 1. The van der Waals surface area contributed by atoms with E-state index in [0.29, 0.717) is 25.9 Å². The smallest absolute Gasteiger partial charge is 0.244 e. The molecule has 31 heavy (non-hydrogen) atoms. The average Bonchev–Trinajstić information content (AvgIpc) is 2.81. The number of amides is 2. The molecule has 1 saturated heterocycles. The molecule has 7 heteroatoms. The normalized spacial score (nSPS) is 14.2. The van der Waals surface area contributed by atoms with Gasteiger partial charge in [-0.3, -0.25) is 20.4 Å². The molecule has 3 rings (SSSR count). The van der Waals surface area contributed by atoms with Gasteiger partial charge in [0.15, 0.2) is 0 Å². The lowest BCUT2D eigenvalue weighted by molar-refractivity contribution is -0.900. The summed E-state index contributed by atoms with van der Waals surface area (Å²) in [6, 6.07) is 18.2. The molecular weight excluding hydrogens is 392 g/mol. The quantitative estimate of drug-likeness (QED) is 0.415. The summed E-state index contributed by atoms with van der Waals surface area (Å²) < 4.78 is 5.60. The van der Waals surface area contributed by atoms with Crippen molar-refractivity contribution in [2.24, 2.45) is 0 Å².